The van der Waals surface area contributed by atoms with Crippen molar-refractivity contribution in [1.29, 1.82) is 0 Å². The Labute approximate surface area is 145 Å². The number of nitrogens with one attached hydrogen (secondary N) is 2. The molecule has 0 aliphatic carbocycles. The molecule has 6 nitrogen and oxygen atoms in total. The van der Waals surface area contributed by atoms with Gasteiger partial charge in [-0.1, -0.05) is 26.0 Å². The van der Waals surface area contributed by atoms with Crippen LogP contribution in [0, 0.1) is 5.41 Å². The van der Waals surface area contributed by atoms with Gasteiger partial charge in [0.05, 0.1) is 4.90 Å². The molecule has 2 N–H and O–H groups in total. The van der Waals surface area contributed by atoms with Crippen LogP contribution >= 0.6 is 0 Å². The lowest BCUT2D eigenvalue weighted by Crippen LogP contribution is -2.40. The number of amides is 1. The van der Waals surface area contributed by atoms with E-state index in [4.69, 9.17) is 0 Å². The normalized spacial score (nSPS) is 12.2. The number of benzene rings is 1. The number of hydrogen-bond donors (Lipinski definition) is 2. The topological polar surface area (TPSA) is 78.5 Å². The molecule has 0 spiro atoms. The molecule has 1 aromatic rings. The largest absolute Gasteiger partial charge is 0.351 e. The average Bonchev–Trinajstić information content (AvgIpc) is 2.49. The summed E-state index contributed by atoms with van der Waals surface area (Å²) >= 11 is 0. The highest BCUT2D eigenvalue weighted by Gasteiger charge is 2.21. The first kappa shape index (κ1) is 20.3. The van der Waals surface area contributed by atoms with Gasteiger partial charge in [0.15, 0.2) is 0 Å². The summed E-state index contributed by atoms with van der Waals surface area (Å²) in [6.45, 7) is 9.06. The minimum absolute atomic E-state index is 0.0598. The highest BCUT2D eigenvalue weighted by Crippen LogP contribution is 2.15. The molecule has 0 atom stereocenters. The van der Waals surface area contributed by atoms with Gasteiger partial charge in [0.1, 0.15) is 0 Å². The Hall–Kier alpha value is -1.70. The van der Waals surface area contributed by atoms with Crippen LogP contribution in [0.1, 0.15) is 24.2 Å². The Morgan fingerprint density at radius 3 is 2.58 bits per heavy atom. The maximum absolute atomic E-state index is 12.3. The maximum atomic E-state index is 12.3. The quantitative estimate of drug-likeness (QED) is 0.659. The molecule has 0 bridgehead atoms. The Kier molecular flexibility index (Phi) is 7.13. The molecule has 0 aliphatic heterocycles. The van der Waals surface area contributed by atoms with Crippen LogP contribution in [0.3, 0.4) is 0 Å². The SMILES string of the molecule is C=CCNS(=O)(=O)c1cccc(C(=O)NCC(C)(C)CN(C)C)c1. The second kappa shape index (κ2) is 8.41. The molecule has 134 valence electrons. The second-order valence-electron chi connectivity index (χ2n) is 6.75. The summed E-state index contributed by atoms with van der Waals surface area (Å²) in [6.07, 6.45) is 1.46. The molecule has 1 aromatic carbocycles. The minimum Gasteiger partial charge on any atom is -0.351 e. The minimum atomic E-state index is -3.65. The smallest absolute Gasteiger partial charge is 0.251 e. The average molecular weight is 353 g/mol. The molecule has 1 amide bonds. The predicted octanol–water partition coefficient (Wildman–Crippen LogP) is 1.47. The third-order valence-electron chi connectivity index (χ3n) is 3.30. The van der Waals surface area contributed by atoms with Gasteiger partial charge in [-0.25, -0.2) is 13.1 Å². The first-order valence-corrected chi connectivity index (χ1v) is 9.19. The van der Waals surface area contributed by atoms with E-state index in [-0.39, 0.29) is 22.8 Å². The molecular formula is C17H27N3O3S. The van der Waals surface area contributed by atoms with Crippen molar-refractivity contribution >= 4 is 15.9 Å². The van der Waals surface area contributed by atoms with Crippen LogP contribution in [-0.2, 0) is 10.0 Å². The molecule has 0 unspecified atom stereocenters. The van der Waals surface area contributed by atoms with Gasteiger partial charge in [0.25, 0.3) is 5.91 Å². The van der Waals surface area contributed by atoms with Gasteiger partial charge in [-0.05, 0) is 37.7 Å². The summed E-state index contributed by atoms with van der Waals surface area (Å²) in [6, 6.07) is 5.99. The van der Waals surface area contributed by atoms with Gasteiger partial charge in [-0.3, -0.25) is 4.79 Å². The Balaban J connectivity index is 2.83. The van der Waals surface area contributed by atoms with E-state index >= 15 is 0 Å². The highest BCUT2D eigenvalue weighted by molar-refractivity contribution is 7.89. The zero-order valence-corrected chi connectivity index (χ0v) is 15.6. The van der Waals surface area contributed by atoms with Gasteiger partial charge in [-0.15, -0.1) is 6.58 Å². The standard InChI is InChI=1S/C17H27N3O3S/c1-6-10-19-24(22,23)15-9-7-8-14(11-15)16(21)18-12-17(2,3)13-20(4)5/h6-9,11,19H,1,10,12-13H2,2-5H3,(H,18,21). The van der Waals surface area contributed by atoms with Crippen molar-refractivity contribution in [3.63, 3.8) is 0 Å². The third kappa shape index (κ3) is 6.43. The first-order chi connectivity index (χ1) is 11.1. The van der Waals surface area contributed by atoms with E-state index in [0.717, 1.165) is 6.54 Å². The molecule has 0 saturated heterocycles. The van der Waals surface area contributed by atoms with E-state index in [0.29, 0.717) is 12.1 Å². The number of rotatable bonds is 9. The van der Waals surface area contributed by atoms with Crippen LogP contribution in [0.25, 0.3) is 0 Å². The lowest BCUT2D eigenvalue weighted by Gasteiger charge is -2.28. The van der Waals surface area contributed by atoms with Crippen molar-refractivity contribution in [2.24, 2.45) is 5.41 Å². The van der Waals surface area contributed by atoms with Gasteiger partial charge in [-0.2, -0.15) is 0 Å². The summed E-state index contributed by atoms with van der Waals surface area (Å²) in [5, 5.41) is 2.87. The van der Waals surface area contributed by atoms with E-state index < -0.39 is 10.0 Å². The fraction of sp³-hybridized carbons (Fsp3) is 0.471. The van der Waals surface area contributed by atoms with Crippen molar-refractivity contribution in [2.75, 3.05) is 33.7 Å². The zero-order valence-electron chi connectivity index (χ0n) is 14.8. The van der Waals surface area contributed by atoms with Crippen molar-refractivity contribution in [1.82, 2.24) is 14.9 Å². The predicted molar refractivity (Wildman–Crippen MR) is 96.5 cm³/mol. The Morgan fingerprint density at radius 1 is 1.33 bits per heavy atom. The third-order valence-corrected chi connectivity index (χ3v) is 4.72. The number of sulfonamides is 1. The number of hydrogen-bond acceptors (Lipinski definition) is 4. The van der Waals surface area contributed by atoms with E-state index in [1.54, 1.807) is 12.1 Å². The Morgan fingerprint density at radius 2 is 2.00 bits per heavy atom. The highest BCUT2D eigenvalue weighted by atomic mass is 32.2. The fourth-order valence-corrected chi connectivity index (χ4v) is 3.43. The van der Waals surface area contributed by atoms with E-state index in [1.807, 2.05) is 14.1 Å². The van der Waals surface area contributed by atoms with Crippen LogP contribution in [0.15, 0.2) is 41.8 Å². The van der Waals surface area contributed by atoms with Crippen molar-refractivity contribution in [2.45, 2.75) is 18.7 Å². The number of nitrogens with zero attached hydrogens (tertiary/aromatic N) is 1. The lowest BCUT2D eigenvalue weighted by molar-refractivity contribution is 0.0929. The van der Waals surface area contributed by atoms with Crippen LogP contribution in [-0.4, -0.2) is 53.0 Å². The van der Waals surface area contributed by atoms with Crippen molar-refractivity contribution in [3.8, 4) is 0 Å². The molecule has 0 heterocycles. The second-order valence-corrected chi connectivity index (χ2v) is 8.52. The zero-order chi connectivity index (χ0) is 18.4. The van der Waals surface area contributed by atoms with Crippen LogP contribution in [0.4, 0.5) is 0 Å². The van der Waals surface area contributed by atoms with Gasteiger partial charge >= 0.3 is 0 Å². The van der Waals surface area contributed by atoms with Gasteiger partial charge in [0, 0.05) is 25.2 Å². The lowest BCUT2D eigenvalue weighted by atomic mass is 9.93. The molecule has 0 radical (unpaired) electrons. The summed E-state index contributed by atoms with van der Waals surface area (Å²) in [7, 11) is 0.315. The van der Waals surface area contributed by atoms with Gasteiger partial charge < -0.3 is 10.2 Å². The van der Waals surface area contributed by atoms with Crippen LogP contribution in [0.5, 0.6) is 0 Å². The monoisotopic (exact) mass is 353 g/mol. The molecule has 24 heavy (non-hydrogen) atoms. The summed E-state index contributed by atoms with van der Waals surface area (Å²) in [5.41, 5.74) is 0.228. The molecular weight excluding hydrogens is 326 g/mol. The summed E-state index contributed by atoms with van der Waals surface area (Å²) < 4.78 is 26.6. The molecule has 1 rings (SSSR count). The molecule has 7 heteroatoms. The Bertz CT molecular complexity index is 682. The molecule has 0 aliphatic rings. The van der Waals surface area contributed by atoms with Crippen molar-refractivity contribution < 1.29 is 13.2 Å². The summed E-state index contributed by atoms with van der Waals surface area (Å²) in [4.78, 5) is 14.4. The number of carbonyl (C=O) groups is 1. The van der Waals surface area contributed by atoms with E-state index in [2.05, 4.69) is 35.4 Å². The van der Waals surface area contributed by atoms with Crippen molar-refractivity contribution in [3.05, 3.63) is 42.5 Å². The molecule has 0 saturated carbocycles. The molecule has 0 aromatic heterocycles. The van der Waals surface area contributed by atoms with Gasteiger partial charge in [0.2, 0.25) is 10.0 Å². The van der Waals surface area contributed by atoms with Crippen LogP contribution < -0.4 is 10.0 Å². The maximum Gasteiger partial charge on any atom is 0.251 e. The summed E-state index contributed by atoms with van der Waals surface area (Å²) in [5.74, 6) is -0.289. The number of carbonyl (C=O) groups excluding carboxylic acids is 1. The van der Waals surface area contributed by atoms with E-state index in [1.165, 1.54) is 18.2 Å². The fourth-order valence-electron chi connectivity index (χ4n) is 2.39. The van der Waals surface area contributed by atoms with E-state index in [9.17, 15) is 13.2 Å². The molecule has 0 fully saturated rings. The van der Waals surface area contributed by atoms with Crippen LogP contribution in [0.2, 0.25) is 0 Å². The first-order valence-electron chi connectivity index (χ1n) is 7.71.